The summed E-state index contributed by atoms with van der Waals surface area (Å²) in [7, 11) is 0. The summed E-state index contributed by atoms with van der Waals surface area (Å²) >= 11 is 5.12. The van der Waals surface area contributed by atoms with E-state index in [1.54, 1.807) is 11.3 Å². The van der Waals surface area contributed by atoms with E-state index in [1.807, 2.05) is 6.07 Å². The predicted octanol–water partition coefficient (Wildman–Crippen LogP) is 2.88. The van der Waals surface area contributed by atoms with Gasteiger partial charge in [-0.2, -0.15) is 0 Å². The van der Waals surface area contributed by atoms with Crippen LogP contribution in [0.2, 0.25) is 0 Å². The lowest BCUT2D eigenvalue weighted by Crippen LogP contribution is -2.28. The first kappa shape index (κ1) is 10.2. The number of amides is 1. The Morgan fingerprint density at radius 3 is 2.64 bits per heavy atom. The molecular formula is C10H12BrNOS. The molecule has 14 heavy (non-hydrogen) atoms. The molecule has 1 aromatic rings. The molecule has 1 aliphatic carbocycles. The largest absolute Gasteiger partial charge is 0.369 e. The third-order valence-electron chi connectivity index (χ3n) is 3.13. The lowest BCUT2D eigenvalue weighted by Gasteiger charge is -2.18. The zero-order valence-corrected chi connectivity index (χ0v) is 10.3. The van der Waals surface area contributed by atoms with Gasteiger partial charge in [0.15, 0.2) is 0 Å². The Morgan fingerprint density at radius 1 is 1.64 bits per heavy atom. The van der Waals surface area contributed by atoms with Crippen LogP contribution < -0.4 is 5.73 Å². The Balaban J connectivity index is 2.24. The molecule has 0 aliphatic heterocycles. The van der Waals surface area contributed by atoms with Crippen LogP contribution in [0.1, 0.15) is 30.6 Å². The van der Waals surface area contributed by atoms with Gasteiger partial charge in [-0.15, -0.1) is 11.3 Å². The van der Waals surface area contributed by atoms with Crippen LogP contribution >= 0.6 is 27.3 Å². The molecule has 0 bridgehead atoms. The minimum absolute atomic E-state index is 0.144. The van der Waals surface area contributed by atoms with E-state index in [9.17, 15) is 4.79 Å². The molecule has 1 atom stereocenters. The molecule has 0 saturated heterocycles. The highest BCUT2D eigenvalue weighted by molar-refractivity contribution is 9.11. The second kappa shape index (κ2) is 3.35. The molecule has 0 radical (unpaired) electrons. The molecule has 1 aliphatic rings. The second-order valence-corrected chi connectivity index (χ2v) is 6.38. The first-order valence-electron chi connectivity index (χ1n) is 4.61. The van der Waals surface area contributed by atoms with Gasteiger partial charge < -0.3 is 5.73 Å². The average molecular weight is 274 g/mol. The van der Waals surface area contributed by atoms with Crippen LogP contribution in [0, 0.1) is 5.41 Å². The van der Waals surface area contributed by atoms with E-state index < -0.39 is 0 Å². The van der Waals surface area contributed by atoms with E-state index in [1.165, 1.54) is 4.88 Å². The van der Waals surface area contributed by atoms with Gasteiger partial charge in [-0.3, -0.25) is 4.79 Å². The number of halogens is 1. The highest BCUT2D eigenvalue weighted by atomic mass is 79.9. The van der Waals surface area contributed by atoms with Crippen LogP contribution in [0.3, 0.4) is 0 Å². The Labute approximate surface area is 95.6 Å². The number of primary amides is 1. The standard InChI is InChI=1S/C10H12BrNOS/c1-6(7-2-3-8(11)14-7)10(4-5-10)9(12)13/h2-3,6H,4-5H2,1H3,(H2,12,13)/t6-/m0/s1. The van der Waals surface area contributed by atoms with Crippen LogP contribution in [-0.4, -0.2) is 5.91 Å². The second-order valence-electron chi connectivity index (χ2n) is 3.88. The van der Waals surface area contributed by atoms with Crippen molar-refractivity contribution in [2.24, 2.45) is 11.1 Å². The van der Waals surface area contributed by atoms with Crippen LogP contribution in [0.4, 0.5) is 0 Å². The number of hydrogen-bond acceptors (Lipinski definition) is 2. The number of nitrogens with two attached hydrogens (primary N) is 1. The summed E-state index contributed by atoms with van der Waals surface area (Å²) in [5.74, 6) is 0.117. The number of thiophene rings is 1. The highest BCUT2D eigenvalue weighted by Gasteiger charge is 2.53. The minimum Gasteiger partial charge on any atom is -0.369 e. The molecule has 1 fully saturated rings. The third-order valence-corrected chi connectivity index (χ3v) is 4.94. The third kappa shape index (κ3) is 1.50. The van der Waals surface area contributed by atoms with Crippen LogP contribution in [0.15, 0.2) is 15.9 Å². The molecule has 76 valence electrons. The fraction of sp³-hybridized carbons (Fsp3) is 0.500. The minimum atomic E-state index is -0.246. The van der Waals surface area contributed by atoms with Gasteiger partial charge in [0.2, 0.25) is 5.91 Å². The first-order valence-corrected chi connectivity index (χ1v) is 6.22. The summed E-state index contributed by atoms with van der Waals surface area (Å²) in [6, 6.07) is 4.09. The Bertz CT molecular complexity index is 370. The van der Waals surface area contributed by atoms with Crippen LogP contribution in [0.25, 0.3) is 0 Å². The smallest absolute Gasteiger partial charge is 0.224 e. The van der Waals surface area contributed by atoms with E-state index in [2.05, 4.69) is 28.9 Å². The topological polar surface area (TPSA) is 43.1 Å². The van der Waals surface area contributed by atoms with E-state index in [4.69, 9.17) is 5.73 Å². The lowest BCUT2D eigenvalue weighted by molar-refractivity contribution is -0.123. The summed E-state index contributed by atoms with van der Waals surface area (Å²) in [5, 5.41) is 0. The summed E-state index contributed by atoms with van der Waals surface area (Å²) in [5.41, 5.74) is 5.19. The van der Waals surface area contributed by atoms with Gasteiger partial charge in [-0.05, 0) is 40.9 Å². The lowest BCUT2D eigenvalue weighted by atomic mass is 9.89. The van der Waals surface area contributed by atoms with Gasteiger partial charge in [0.05, 0.1) is 9.20 Å². The molecule has 0 aromatic carbocycles. The number of carbonyl (C=O) groups is 1. The maximum atomic E-state index is 11.3. The Morgan fingerprint density at radius 2 is 2.29 bits per heavy atom. The quantitative estimate of drug-likeness (QED) is 0.904. The molecule has 1 heterocycles. The van der Waals surface area contributed by atoms with E-state index in [0.29, 0.717) is 0 Å². The van der Waals surface area contributed by atoms with E-state index in [-0.39, 0.29) is 17.2 Å². The molecule has 1 amide bonds. The molecule has 1 saturated carbocycles. The zero-order valence-electron chi connectivity index (χ0n) is 7.92. The van der Waals surface area contributed by atoms with Crippen LogP contribution in [0.5, 0.6) is 0 Å². The van der Waals surface area contributed by atoms with Crippen molar-refractivity contribution in [3.8, 4) is 0 Å². The fourth-order valence-electron chi connectivity index (χ4n) is 1.86. The van der Waals surface area contributed by atoms with Crippen molar-refractivity contribution >= 4 is 33.2 Å². The monoisotopic (exact) mass is 273 g/mol. The van der Waals surface area contributed by atoms with Crippen molar-refractivity contribution in [2.45, 2.75) is 25.7 Å². The summed E-state index contributed by atoms with van der Waals surface area (Å²) < 4.78 is 1.11. The van der Waals surface area contributed by atoms with Gasteiger partial charge in [-0.25, -0.2) is 0 Å². The van der Waals surface area contributed by atoms with Gasteiger partial charge in [-0.1, -0.05) is 6.92 Å². The van der Waals surface area contributed by atoms with E-state index in [0.717, 1.165) is 16.6 Å². The fourth-order valence-corrected chi connectivity index (χ4v) is 3.45. The van der Waals surface area contributed by atoms with Gasteiger partial charge in [0, 0.05) is 10.8 Å². The van der Waals surface area contributed by atoms with Gasteiger partial charge in [0.1, 0.15) is 0 Å². The van der Waals surface area contributed by atoms with Gasteiger partial charge >= 0.3 is 0 Å². The Hall–Kier alpha value is -0.350. The number of rotatable bonds is 3. The molecule has 2 rings (SSSR count). The zero-order chi connectivity index (χ0) is 10.3. The maximum absolute atomic E-state index is 11.3. The molecule has 2 nitrogen and oxygen atoms in total. The Kier molecular flexibility index (Phi) is 2.43. The van der Waals surface area contributed by atoms with E-state index >= 15 is 0 Å². The molecule has 0 unspecified atom stereocenters. The van der Waals surface area contributed by atoms with Crippen molar-refractivity contribution in [2.75, 3.05) is 0 Å². The van der Waals surface area contributed by atoms with Crippen molar-refractivity contribution in [3.63, 3.8) is 0 Å². The molecule has 2 N–H and O–H groups in total. The maximum Gasteiger partial charge on any atom is 0.224 e. The highest BCUT2D eigenvalue weighted by Crippen LogP contribution is 2.56. The summed E-state index contributed by atoms with van der Waals surface area (Å²) in [4.78, 5) is 12.6. The first-order chi connectivity index (χ1) is 6.56. The molecular weight excluding hydrogens is 262 g/mol. The summed E-state index contributed by atoms with van der Waals surface area (Å²) in [6.07, 6.45) is 1.89. The predicted molar refractivity (Wildman–Crippen MR) is 61.3 cm³/mol. The normalized spacial score (nSPS) is 20.4. The molecule has 4 heteroatoms. The molecule has 0 spiro atoms. The summed E-state index contributed by atoms with van der Waals surface area (Å²) in [6.45, 7) is 2.09. The average Bonchev–Trinajstić information content (AvgIpc) is 2.84. The van der Waals surface area contributed by atoms with Crippen LogP contribution in [-0.2, 0) is 4.79 Å². The number of hydrogen-bond donors (Lipinski definition) is 1. The number of carbonyl (C=O) groups excluding carboxylic acids is 1. The van der Waals surface area contributed by atoms with Crippen molar-refractivity contribution in [3.05, 3.63) is 20.8 Å². The SMILES string of the molecule is C[C@@H](c1ccc(Br)s1)C1(C(N)=O)CC1. The van der Waals surface area contributed by atoms with Crippen molar-refractivity contribution in [1.82, 2.24) is 0 Å². The van der Waals surface area contributed by atoms with Gasteiger partial charge in [0.25, 0.3) is 0 Å². The van der Waals surface area contributed by atoms with Crippen molar-refractivity contribution < 1.29 is 4.79 Å². The van der Waals surface area contributed by atoms with Crippen molar-refractivity contribution in [1.29, 1.82) is 0 Å². The molecule has 1 aromatic heterocycles.